The van der Waals surface area contributed by atoms with Crippen molar-refractivity contribution in [3.8, 4) is 11.1 Å². The Morgan fingerprint density at radius 2 is 1.18 bits per heavy atom. The van der Waals surface area contributed by atoms with E-state index in [-0.39, 0.29) is 0 Å². The monoisotopic (exact) mass is 528 g/mol. The Balaban J connectivity index is 1.27. The highest BCUT2D eigenvalue weighted by Gasteiger charge is 2.17. The number of hydrogen-bond donors (Lipinski definition) is 0. The average molecular weight is 529 g/mol. The summed E-state index contributed by atoms with van der Waals surface area (Å²) in [6.07, 6.45) is 2.03. The molecule has 2 aromatic heterocycles. The van der Waals surface area contributed by atoms with Crippen LogP contribution in [0.1, 0.15) is 0 Å². The Kier molecular flexibility index (Phi) is 5.35. The molecular weight excluding hydrogens is 504 g/mol. The molecule has 2 nitrogen and oxygen atoms in total. The maximum absolute atomic E-state index is 4.99. The molecule has 0 aliphatic carbocycles. The number of anilines is 3. The standard InChI is InChI=1S/C37H24N2S/c1-2-12-28(13-3-1)39(29-20-17-27(18-21-29)31-16-8-11-25-9-4-6-14-30(25)31)36-23-34-33-22-19-26-10-5-7-15-32(26)37(33)40-35(34)24-38-36/h1-24H. The predicted octanol–water partition coefficient (Wildman–Crippen LogP) is 10.9. The largest absolute Gasteiger partial charge is 0.295 e. The van der Waals surface area contributed by atoms with Crippen molar-refractivity contribution in [2.75, 3.05) is 4.90 Å². The quantitative estimate of drug-likeness (QED) is 0.226. The first-order valence-corrected chi connectivity index (χ1v) is 14.3. The third-order valence-electron chi connectivity index (χ3n) is 7.70. The van der Waals surface area contributed by atoms with Crippen molar-refractivity contribution in [2.45, 2.75) is 0 Å². The van der Waals surface area contributed by atoms with Gasteiger partial charge < -0.3 is 0 Å². The second kappa shape index (κ2) is 9.33. The molecule has 8 aromatic rings. The number of hydrogen-bond acceptors (Lipinski definition) is 3. The lowest BCUT2D eigenvalue weighted by Gasteiger charge is -2.24. The summed E-state index contributed by atoms with van der Waals surface area (Å²) in [5.74, 6) is 0.907. The van der Waals surface area contributed by atoms with Crippen molar-refractivity contribution in [3.63, 3.8) is 0 Å². The minimum absolute atomic E-state index is 0.907. The fourth-order valence-corrected chi connectivity index (χ4v) is 6.97. The van der Waals surface area contributed by atoms with Gasteiger partial charge in [-0.15, -0.1) is 11.3 Å². The molecule has 0 fully saturated rings. The first kappa shape index (κ1) is 22.9. The van der Waals surface area contributed by atoms with Crippen molar-refractivity contribution in [2.24, 2.45) is 0 Å². The average Bonchev–Trinajstić information content (AvgIpc) is 3.40. The van der Waals surface area contributed by atoms with Crippen molar-refractivity contribution < 1.29 is 0 Å². The summed E-state index contributed by atoms with van der Waals surface area (Å²) < 4.78 is 2.52. The number of para-hydroxylation sites is 1. The zero-order valence-corrected chi connectivity index (χ0v) is 22.5. The Morgan fingerprint density at radius 3 is 2.00 bits per heavy atom. The van der Waals surface area contributed by atoms with Crippen LogP contribution in [-0.2, 0) is 0 Å². The van der Waals surface area contributed by atoms with Crippen molar-refractivity contribution in [1.82, 2.24) is 4.98 Å². The molecule has 0 amide bonds. The molecule has 0 unspecified atom stereocenters. The normalized spacial score (nSPS) is 11.5. The van der Waals surface area contributed by atoms with Crippen LogP contribution in [0.2, 0.25) is 0 Å². The first-order valence-electron chi connectivity index (χ1n) is 13.5. The van der Waals surface area contributed by atoms with Crippen molar-refractivity contribution in [3.05, 3.63) is 146 Å². The van der Waals surface area contributed by atoms with Gasteiger partial charge in [0.2, 0.25) is 0 Å². The van der Waals surface area contributed by atoms with Gasteiger partial charge in [0.15, 0.2) is 0 Å². The Morgan fingerprint density at radius 1 is 0.500 bits per heavy atom. The van der Waals surface area contributed by atoms with Crippen LogP contribution in [0.3, 0.4) is 0 Å². The smallest absolute Gasteiger partial charge is 0.138 e. The molecule has 0 atom stereocenters. The molecule has 0 aliphatic rings. The van der Waals surface area contributed by atoms with Crippen molar-refractivity contribution >= 4 is 70.2 Å². The summed E-state index contributed by atoms with van der Waals surface area (Å²) in [5, 5.41) is 7.61. The van der Waals surface area contributed by atoms with Gasteiger partial charge >= 0.3 is 0 Å². The molecule has 3 heteroatoms. The molecular formula is C37H24N2S. The van der Waals surface area contributed by atoms with Crippen LogP contribution in [0.4, 0.5) is 17.2 Å². The summed E-state index contributed by atoms with van der Waals surface area (Å²) in [7, 11) is 0. The maximum atomic E-state index is 4.99. The highest BCUT2D eigenvalue weighted by molar-refractivity contribution is 7.26. The van der Waals surface area contributed by atoms with Gasteiger partial charge in [0.1, 0.15) is 5.82 Å². The van der Waals surface area contributed by atoms with Gasteiger partial charge in [0.05, 0.1) is 4.70 Å². The molecule has 0 aliphatic heterocycles. The zero-order chi connectivity index (χ0) is 26.5. The lowest BCUT2D eigenvalue weighted by Crippen LogP contribution is -2.11. The number of fused-ring (bicyclic) bond motifs is 6. The van der Waals surface area contributed by atoms with Crippen molar-refractivity contribution in [1.29, 1.82) is 0 Å². The predicted molar refractivity (Wildman–Crippen MR) is 172 cm³/mol. The molecule has 8 rings (SSSR count). The molecule has 6 aromatic carbocycles. The molecule has 0 saturated heterocycles. The van der Waals surface area contributed by atoms with Crippen LogP contribution in [0.25, 0.3) is 52.8 Å². The summed E-state index contributed by atoms with van der Waals surface area (Å²) >= 11 is 1.82. The van der Waals surface area contributed by atoms with Gasteiger partial charge in [-0.2, -0.15) is 0 Å². The number of pyridine rings is 1. The van der Waals surface area contributed by atoms with Crippen LogP contribution in [0.15, 0.2) is 146 Å². The van der Waals surface area contributed by atoms with E-state index in [4.69, 9.17) is 4.98 Å². The van der Waals surface area contributed by atoms with Gasteiger partial charge in [-0.25, -0.2) is 4.98 Å². The SMILES string of the molecule is c1ccc(N(c2ccc(-c3cccc4ccccc34)cc2)c2cc3c(cn2)sc2c4ccccc4ccc32)cc1. The topological polar surface area (TPSA) is 16.1 Å². The third-order valence-corrected chi connectivity index (χ3v) is 8.89. The number of thiophene rings is 1. The maximum Gasteiger partial charge on any atom is 0.138 e. The summed E-state index contributed by atoms with van der Waals surface area (Å²) in [6, 6.07) is 49.8. The molecule has 0 radical (unpaired) electrons. The van der Waals surface area contributed by atoms with E-state index in [1.165, 1.54) is 52.8 Å². The zero-order valence-electron chi connectivity index (χ0n) is 21.7. The Labute approximate surface area is 236 Å². The van der Waals surface area contributed by atoms with E-state index in [2.05, 4.69) is 144 Å². The van der Waals surface area contributed by atoms with E-state index in [9.17, 15) is 0 Å². The lowest BCUT2D eigenvalue weighted by molar-refractivity contribution is 1.19. The molecule has 0 spiro atoms. The summed E-state index contributed by atoms with van der Waals surface area (Å²) in [5.41, 5.74) is 4.60. The van der Waals surface area contributed by atoms with E-state index >= 15 is 0 Å². The fourth-order valence-electron chi connectivity index (χ4n) is 5.78. The van der Waals surface area contributed by atoms with Gasteiger partial charge in [0, 0.05) is 33.0 Å². The molecule has 0 saturated carbocycles. The summed E-state index contributed by atoms with van der Waals surface area (Å²) in [4.78, 5) is 7.24. The number of rotatable bonds is 4. The number of nitrogens with zero attached hydrogens (tertiary/aromatic N) is 2. The molecule has 0 bridgehead atoms. The third kappa shape index (κ3) is 3.75. The Hall–Kier alpha value is -4.99. The second-order valence-corrected chi connectivity index (χ2v) is 11.1. The van der Waals surface area contributed by atoms with E-state index in [0.717, 1.165) is 17.2 Å². The van der Waals surface area contributed by atoms with Gasteiger partial charge in [0.25, 0.3) is 0 Å². The molecule has 0 N–H and O–H groups in total. The highest BCUT2D eigenvalue weighted by atomic mass is 32.1. The van der Waals surface area contributed by atoms with Crippen LogP contribution >= 0.6 is 11.3 Å². The Bertz CT molecular complexity index is 2160. The van der Waals surface area contributed by atoms with E-state index in [0.29, 0.717) is 0 Å². The number of aromatic nitrogens is 1. The minimum atomic E-state index is 0.907. The van der Waals surface area contributed by atoms with Crippen LogP contribution in [-0.4, -0.2) is 4.98 Å². The van der Waals surface area contributed by atoms with Crippen LogP contribution in [0, 0.1) is 0 Å². The lowest BCUT2D eigenvalue weighted by atomic mass is 9.98. The molecule has 40 heavy (non-hydrogen) atoms. The van der Waals surface area contributed by atoms with Crippen LogP contribution < -0.4 is 4.90 Å². The second-order valence-electron chi connectivity index (χ2n) is 10.0. The van der Waals surface area contributed by atoms with Crippen LogP contribution in [0.5, 0.6) is 0 Å². The van der Waals surface area contributed by atoms with Gasteiger partial charge in [-0.1, -0.05) is 109 Å². The van der Waals surface area contributed by atoms with E-state index in [1.54, 1.807) is 0 Å². The summed E-state index contributed by atoms with van der Waals surface area (Å²) in [6.45, 7) is 0. The van der Waals surface area contributed by atoms with E-state index in [1.807, 2.05) is 17.5 Å². The van der Waals surface area contributed by atoms with Gasteiger partial charge in [-0.05, 0) is 63.0 Å². The fraction of sp³-hybridized carbons (Fsp3) is 0. The highest BCUT2D eigenvalue weighted by Crippen LogP contribution is 2.42. The van der Waals surface area contributed by atoms with Gasteiger partial charge in [-0.3, -0.25) is 4.90 Å². The minimum Gasteiger partial charge on any atom is -0.295 e. The molecule has 2 heterocycles. The number of benzene rings is 6. The molecule has 188 valence electrons. The first-order chi connectivity index (χ1) is 19.8. The van der Waals surface area contributed by atoms with E-state index < -0.39 is 0 Å².